The Hall–Kier alpha value is -2.24. The normalized spacial score (nSPS) is 22.8. The van der Waals surface area contributed by atoms with E-state index in [-0.39, 0.29) is 6.54 Å². The van der Waals surface area contributed by atoms with E-state index in [4.69, 9.17) is 9.47 Å². The Morgan fingerprint density at radius 2 is 2.35 bits per heavy atom. The van der Waals surface area contributed by atoms with E-state index < -0.39 is 17.7 Å². The predicted octanol–water partition coefficient (Wildman–Crippen LogP) is 0.715. The standard InChI is InChI=1S/C11H11NO5/c1-16-8-4-2-3-7(5-8)11(9(13)14)6-12-10(15)17-11/h2-5H,6H2,1H3,(H,12,15)(H,13,14). The minimum absolute atomic E-state index is 0.103. The zero-order chi connectivity index (χ0) is 12.5. The summed E-state index contributed by atoms with van der Waals surface area (Å²) in [6, 6.07) is 6.44. The van der Waals surface area contributed by atoms with Crippen LogP contribution in [0.3, 0.4) is 0 Å². The van der Waals surface area contributed by atoms with Crippen molar-refractivity contribution in [2.75, 3.05) is 13.7 Å². The molecule has 90 valence electrons. The number of rotatable bonds is 3. The molecule has 0 spiro atoms. The van der Waals surface area contributed by atoms with Crippen molar-refractivity contribution < 1.29 is 24.2 Å². The number of carboxylic acids is 1. The molecule has 0 aliphatic carbocycles. The van der Waals surface area contributed by atoms with Gasteiger partial charge in [-0.2, -0.15) is 0 Å². The number of nitrogens with one attached hydrogen (secondary N) is 1. The Bertz CT molecular complexity index is 473. The highest BCUT2D eigenvalue weighted by Gasteiger charge is 2.49. The topological polar surface area (TPSA) is 84.9 Å². The summed E-state index contributed by atoms with van der Waals surface area (Å²) in [7, 11) is 1.48. The lowest BCUT2D eigenvalue weighted by molar-refractivity contribution is -0.155. The summed E-state index contributed by atoms with van der Waals surface area (Å²) < 4.78 is 9.90. The van der Waals surface area contributed by atoms with Crippen molar-refractivity contribution in [1.29, 1.82) is 0 Å². The number of alkyl carbamates (subject to hydrolysis) is 1. The van der Waals surface area contributed by atoms with E-state index in [9.17, 15) is 14.7 Å². The molecule has 1 amide bonds. The van der Waals surface area contributed by atoms with Gasteiger partial charge in [0.2, 0.25) is 0 Å². The smallest absolute Gasteiger partial charge is 0.408 e. The lowest BCUT2D eigenvalue weighted by atomic mass is 9.94. The molecule has 1 atom stereocenters. The second-order valence-electron chi connectivity index (χ2n) is 3.61. The van der Waals surface area contributed by atoms with Crippen LogP contribution >= 0.6 is 0 Å². The van der Waals surface area contributed by atoms with Crippen molar-refractivity contribution in [3.8, 4) is 5.75 Å². The quantitative estimate of drug-likeness (QED) is 0.808. The van der Waals surface area contributed by atoms with Crippen LogP contribution in [0.5, 0.6) is 5.75 Å². The van der Waals surface area contributed by atoms with Crippen LogP contribution in [-0.2, 0) is 15.1 Å². The number of carboxylic acid groups (broad SMARTS) is 1. The van der Waals surface area contributed by atoms with Gasteiger partial charge in [-0.1, -0.05) is 12.1 Å². The second-order valence-corrected chi connectivity index (χ2v) is 3.61. The largest absolute Gasteiger partial charge is 0.497 e. The Kier molecular flexibility index (Phi) is 2.63. The molecule has 0 radical (unpaired) electrons. The molecule has 1 fully saturated rings. The number of benzene rings is 1. The number of hydrogen-bond donors (Lipinski definition) is 2. The first kappa shape index (κ1) is 11.3. The van der Waals surface area contributed by atoms with Crippen LogP contribution in [-0.4, -0.2) is 30.8 Å². The third-order valence-corrected chi connectivity index (χ3v) is 2.63. The van der Waals surface area contributed by atoms with Gasteiger partial charge >= 0.3 is 12.1 Å². The van der Waals surface area contributed by atoms with Gasteiger partial charge in [-0.05, 0) is 12.1 Å². The minimum Gasteiger partial charge on any atom is -0.497 e. The molecule has 1 aromatic rings. The van der Waals surface area contributed by atoms with Crippen LogP contribution in [0.25, 0.3) is 0 Å². The lowest BCUT2D eigenvalue weighted by Gasteiger charge is -2.21. The number of ether oxygens (including phenoxy) is 2. The van der Waals surface area contributed by atoms with Crippen molar-refractivity contribution in [3.05, 3.63) is 29.8 Å². The van der Waals surface area contributed by atoms with E-state index >= 15 is 0 Å². The maximum Gasteiger partial charge on any atom is 0.408 e. The minimum atomic E-state index is -1.67. The van der Waals surface area contributed by atoms with Crippen molar-refractivity contribution >= 4 is 12.1 Å². The maximum absolute atomic E-state index is 11.3. The van der Waals surface area contributed by atoms with Crippen LogP contribution in [0.4, 0.5) is 4.79 Å². The number of amides is 1. The van der Waals surface area contributed by atoms with Gasteiger partial charge in [0.15, 0.2) is 0 Å². The first-order valence-electron chi connectivity index (χ1n) is 4.93. The molecule has 1 unspecified atom stereocenters. The summed E-state index contributed by atoms with van der Waals surface area (Å²) in [5, 5.41) is 11.6. The summed E-state index contributed by atoms with van der Waals surface area (Å²) in [6.45, 7) is -0.103. The van der Waals surface area contributed by atoms with Gasteiger partial charge in [0, 0.05) is 5.56 Å². The molecule has 1 saturated heterocycles. The first-order valence-corrected chi connectivity index (χ1v) is 4.93. The lowest BCUT2D eigenvalue weighted by Crippen LogP contribution is -2.39. The molecule has 17 heavy (non-hydrogen) atoms. The zero-order valence-electron chi connectivity index (χ0n) is 9.10. The van der Waals surface area contributed by atoms with Crippen LogP contribution in [0.1, 0.15) is 5.56 Å². The molecule has 6 heteroatoms. The number of aliphatic carboxylic acids is 1. The maximum atomic E-state index is 11.3. The second kappa shape index (κ2) is 3.97. The van der Waals surface area contributed by atoms with E-state index in [1.165, 1.54) is 13.2 Å². The van der Waals surface area contributed by atoms with Crippen LogP contribution in [0.15, 0.2) is 24.3 Å². The van der Waals surface area contributed by atoms with Crippen LogP contribution in [0, 0.1) is 0 Å². The van der Waals surface area contributed by atoms with Crippen molar-refractivity contribution in [1.82, 2.24) is 5.32 Å². The predicted molar refractivity (Wildman–Crippen MR) is 56.8 cm³/mol. The highest BCUT2D eigenvalue weighted by molar-refractivity contribution is 5.86. The van der Waals surface area contributed by atoms with Crippen LogP contribution in [0.2, 0.25) is 0 Å². The van der Waals surface area contributed by atoms with Gasteiger partial charge in [0.05, 0.1) is 13.7 Å². The Morgan fingerprint density at radius 1 is 1.59 bits per heavy atom. The zero-order valence-corrected chi connectivity index (χ0v) is 9.10. The van der Waals surface area contributed by atoms with Crippen molar-refractivity contribution in [2.45, 2.75) is 5.60 Å². The van der Waals surface area contributed by atoms with Crippen LogP contribution < -0.4 is 10.1 Å². The number of methoxy groups -OCH3 is 1. The molecule has 0 bridgehead atoms. The molecule has 1 aliphatic heterocycles. The fourth-order valence-electron chi connectivity index (χ4n) is 1.71. The molecule has 6 nitrogen and oxygen atoms in total. The summed E-state index contributed by atoms with van der Waals surface area (Å²) >= 11 is 0. The van der Waals surface area contributed by atoms with Crippen molar-refractivity contribution in [3.63, 3.8) is 0 Å². The molecule has 2 rings (SSSR count). The third-order valence-electron chi connectivity index (χ3n) is 2.63. The van der Waals surface area contributed by atoms with E-state index in [0.717, 1.165) is 0 Å². The third kappa shape index (κ3) is 1.77. The van der Waals surface area contributed by atoms with Gasteiger partial charge in [0.1, 0.15) is 5.75 Å². The fourth-order valence-corrected chi connectivity index (χ4v) is 1.71. The molecule has 1 aliphatic rings. The Labute approximate surface area is 97.1 Å². The van der Waals surface area contributed by atoms with Gasteiger partial charge < -0.3 is 19.9 Å². The van der Waals surface area contributed by atoms with E-state index in [2.05, 4.69) is 5.32 Å². The van der Waals surface area contributed by atoms with Gasteiger partial charge in [-0.25, -0.2) is 9.59 Å². The Morgan fingerprint density at radius 3 is 2.88 bits per heavy atom. The molecule has 2 N–H and O–H groups in total. The number of carbonyl (C=O) groups excluding carboxylic acids is 1. The molecule has 1 aromatic carbocycles. The van der Waals surface area contributed by atoms with Gasteiger partial charge in [-0.15, -0.1) is 0 Å². The van der Waals surface area contributed by atoms with E-state index in [1.54, 1.807) is 18.2 Å². The average molecular weight is 237 g/mol. The van der Waals surface area contributed by atoms with Gasteiger partial charge in [0.25, 0.3) is 5.60 Å². The average Bonchev–Trinajstić information content (AvgIpc) is 2.73. The molecular formula is C11H11NO5. The monoisotopic (exact) mass is 237 g/mol. The first-order chi connectivity index (χ1) is 8.08. The molecule has 0 saturated carbocycles. The SMILES string of the molecule is COc1cccc(C2(C(=O)O)CNC(=O)O2)c1. The summed E-state index contributed by atoms with van der Waals surface area (Å²) in [5.74, 6) is -0.713. The Balaban J connectivity index is 2.46. The summed E-state index contributed by atoms with van der Waals surface area (Å²) in [5.41, 5.74) is -1.31. The van der Waals surface area contributed by atoms with Crippen molar-refractivity contribution in [2.24, 2.45) is 0 Å². The highest BCUT2D eigenvalue weighted by Crippen LogP contribution is 2.31. The van der Waals surface area contributed by atoms with E-state index in [0.29, 0.717) is 11.3 Å². The number of hydrogen-bond acceptors (Lipinski definition) is 4. The fraction of sp³-hybridized carbons (Fsp3) is 0.273. The van der Waals surface area contributed by atoms with E-state index in [1.807, 2.05) is 0 Å². The number of carbonyl (C=O) groups is 2. The molecular weight excluding hydrogens is 226 g/mol. The number of cyclic esters (lactones) is 1. The summed E-state index contributed by atoms with van der Waals surface area (Å²) in [6.07, 6.45) is -0.741. The molecule has 0 aromatic heterocycles. The van der Waals surface area contributed by atoms with Gasteiger partial charge in [-0.3, -0.25) is 0 Å². The summed E-state index contributed by atoms with van der Waals surface area (Å²) in [4.78, 5) is 22.4. The highest BCUT2D eigenvalue weighted by atomic mass is 16.6. The molecule has 1 heterocycles.